The summed E-state index contributed by atoms with van der Waals surface area (Å²) in [5.74, 6) is 0.516. The van der Waals surface area contributed by atoms with Gasteiger partial charge in [0.1, 0.15) is 6.61 Å². The van der Waals surface area contributed by atoms with Crippen LogP contribution in [0, 0.1) is 12.8 Å². The molecule has 1 aromatic heterocycles. The number of hydrogen-bond acceptors (Lipinski definition) is 5. The van der Waals surface area contributed by atoms with Crippen molar-refractivity contribution in [3.05, 3.63) is 54.1 Å². The fraction of sp³-hybridized carbons (Fsp3) is 0.318. The molecule has 3 aromatic rings. The van der Waals surface area contributed by atoms with E-state index >= 15 is 0 Å². The molecule has 152 valence electrons. The minimum Gasteiger partial charge on any atom is -0.460 e. The zero-order valence-corrected chi connectivity index (χ0v) is 17.2. The Bertz CT molecular complexity index is 964. The summed E-state index contributed by atoms with van der Waals surface area (Å²) in [6.07, 6.45) is 0. The number of ether oxygens (including phenoxy) is 2. The van der Waals surface area contributed by atoms with Crippen molar-refractivity contribution in [2.45, 2.75) is 20.8 Å². The van der Waals surface area contributed by atoms with E-state index in [4.69, 9.17) is 9.47 Å². The van der Waals surface area contributed by atoms with E-state index in [9.17, 15) is 4.79 Å². The van der Waals surface area contributed by atoms with Gasteiger partial charge < -0.3 is 14.8 Å². The summed E-state index contributed by atoms with van der Waals surface area (Å²) in [6.45, 7) is 6.56. The molecule has 7 heteroatoms. The fourth-order valence-electron chi connectivity index (χ4n) is 2.64. The van der Waals surface area contributed by atoms with Gasteiger partial charge in [-0.15, -0.1) is 5.10 Å². The number of anilines is 1. The molecule has 0 aliphatic rings. The standard InChI is InChI=1S/C22H26N4O3/c1-15(2)21(27)23-18-6-5-7-19(14-18)26-20(17-10-8-16(3)9-11-17)24-22(25-26)29-13-12-28-4/h5-11,14-15H,12-13H2,1-4H3,(H,23,27). The number of nitrogens with zero attached hydrogens (tertiary/aromatic N) is 3. The van der Waals surface area contributed by atoms with Gasteiger partial charge in [-0.2, -0.15) is 4.98 Å². The van der Waals surface area contributed by atoms with Gasteiger partial charge in [0.05, 0.1) is 12.3 Å². The van der Waals surface area contributed by atoms with Crippen molar-refractivity contribution in [1.82, 2.24) is 14.8 Å². The van der Waals surface area contributed by atoms with Crippen molar-refractivity contribution < 1.29 is 14.3 Å². The minimum absolute atomic E-state index is 0.0388. The molecule has 0 aliphatic carbocycles. The van der Waals surface area contributed by atoms with Crippen molar-refractivity contribution in [3.63, 3.8) is 0 Å². The van der Waals surface area contributed by atoms with Gasteiger partial charge in [0.25, 0.3) is 0 Å². The summed E-state index contributed by atoms with van der Waals surface area (Å²) < 4.78 is 12.4. The lowest BCUT2D eigenvalue weighted by molar-refractivity contribution is -0.118. The molecule has 0 spiro atoms. The van der Waals surface area contributed by atoms with Crippen LogP contribution in [0.5, 0.6) is 6.01 Å². The molecule has 29 heavy (non-hydrogen) atoms. The first-order valence-electron chi connectivity index (χ1n) is 9.55. The zero-order chi connectivity index (χ0) is 20.8. The van der Waals surface area contributed by atoms with Crippen LogP contribution in [0.2, 0.25) is 0 Å². The molecule has 1 N–H and O–H groups in total. The van der Waals surface area contributed by atoms with Crippen LogP contribution in [0.4, 0.5) is 5.69 Å². The number of hydrogen-bond donors (Lipinski definition) is 1. The van der Waals surface area contributed by atoms with Crippen LogP contribution < -0.4 is 10.1 Å². The summed E-state index contributed by atoms with van der Waals surface area (Å²) >= 11 is 0. The first kappa shape index (κ1) is 20.5. The SMILES string of the molecule is COCCOc1nc(-c2ccc(C)cc2)n(-c2cccc(NC(=O)C(C)C)c2)n1. The monoisotopic (exact) mass is 394 g/mol. The number of carbonyl (C=O) groups is 1. The number of aromatic nitrogens is 3. The summed E-state index contributed by atoms with van der Waals surface area (Å²) in [4.78, 5) is 16.6. The third-order valence-corrected chi connectivity index (χ3v) is 4.30. The van der Waals surface area contributed by atoms with E-state index < -0.39 is 0 Å². The first-order chi connectivity index (χ1) is 14.0. The number of amides is 1. The molecule has 0 radical (unpaired) electrons. The predicted octanol–water partition coefficient (Wildman–Crippen LogP) is 3.86. The Morgan fingerprint density at radius 1 is 1.14 bits per heavy atom. The van der Waals surface area contributed by atoms with E-state index in [-0.39, 0.29) is 17.8 Å². The van der Waals surface area contributed by atoms with Gasteiger partial charge in [0.15, 0.2) is 5.82 Å². The van der Waals surface area contributed by atoms with Crippen LogP contribution in [-0.4, -0.2) is 41.0 Å². The van der Waals surface area contributed by atoms with Gasteiger partial charge >= 0.3 is 6.01 Å². The quantitative estimate of drug-likeness (QED) is 0.587. The second-order valence-electron chi connectivity index (χ2n) is 7.03. The number of carbonyl (C=O) groups excluding carboxylic acids is 1. The van der Waals surface area contributed by atoms with Crippen LogP contribution >= 0.6 is 0 Å². The van der Waals surface area contributed by atoms with Gasteiger partial charge in [-0.1, -0.05) is 49.7 Å². The zero-order valence-electron chi connectivity index (χ0n) is 17.2. The first-order valence-corrected chi connectivity index (χ1v) is 9.55. The smallest absolute Gasteiger partial charge is 0.336 e. The summed E-state index contributed by atoms with van der Waals surface area (Å²) in [5, 5.41) is 7.44. The van der Waals surface area contributed by atoms with Crippen molar-refractivity contribution in [2.75, 3.05) is 25.6 Å². The lowest BCUT2D eigenvalue weighted by Crippen LogP contribution is -2.17. The molecule has 1 heterocycles. The van der Waals surface area contributed by atoms with Crippen molar-refractivity contribution in [1.29, 1.82) is 0 Å². The Kier molecular flexibility index (Phi) is 6.61. The van der Waals surface area contributed by atoms with Crippen LogP contribution in [-0.2, 0) is 9.53 Å². The van der Waals surface area contributed by atoms with Crippen LogP contribution in [0.15, 0.2) is 48.5 Å². The number of nitrogens with one attached hydrogen (secondary N) is 1. The van der Waals surface area contributed by atoms with Crippen molar-refractivity contribution in [2.24, 2.45) is 5.92 Å². The summed E-state index contributed by atoms with van der Waals surface area (Å²) in [6, 6.07) is 15.8. The molecule has 1 amide bonds. The highest BCUT2D eigenvalue weighted by Crippen LogP contribution is 2.25. The molecule has 2 aromatic carbocycles. The fourth-order valence-corrected chi connectivity index (χ4v) is 2.64. The predicted molar refractivity (Wildman–Crippen MR) is 112 cm³/mol. The molecule has 0 atom stereocenters. The van der Waals surface area contributed by atoms with Gasteiger partial charge in [-0.3, -0.25) is 4.79 Å². The highest BCUT2D eigenvalue weighted by Gasteiger charge is 2.16. The van der Waals surface area contributed by atoms with Crippen molar-refractivity contribution in [3.8, 4) is 23.1 Å². The largest absolute Gasteiger partial charge is 0.460 e. The maximum Gasteiger partial charge on any atom is 0.336 e. The van der Waals surface area contributed by atoms with Crippen LogP contribution in [0.25, 0.3) is 17.1 Å². The highest BCUT2D eigenvalue weighted by atomic mass is 16.5. The molecule has 7 nitrogen and oxygen atoms in total. The number of aryl methyl sites for hydroxylation is 1. The minimum atomic E-state index is -0.103. The molecule has 0 aliphatic heterocycles. The Balaban J connectivity index is 1.98. The molecule has 0 bridgehead atoms. The third-order valence-electron chi connectivity index (χ3n) is 4.30. The molecule has 3 rings (SSSR count). The Morgan fingerprint density at radius 2 is 1.90 bits per heavy atom. The average molecular weight is 394 g/mol. The molecule has 0 fully saturated rings. The van der Waals surface area contributed by atoms with Gasteiger partial charge in [-0.05, 0) is 25.1 Å². The number of methoxy groups -OCH3 is 1. The molecule has 0 saturated carbocycles. The topological polar surface area (TPSA) is 78.3 Å². The van der Waals surface area contributed by atoms with E-state index in [0.717, 1.165) is 16.8 Å². The lowest BCUT2D eigenvalue weighted by atomic mass is 10.1. The van der Waals surface area contributed by atoms with Crippen molar-refractivity contribution >= 4 is 11.6 Å². The molecular formula is C22H26N4O3. The van der Waals surface area contributed by atoms with E-state index in [1.807, 2.05) is 69.3 Å². The van der Waals surface area contributed by atoms with Crippen LogP contribution in [0.3, 0.4) is 0 Å². The Hall–Kier alpha value is -3.19. The summed E-state index contributed by atoms with van der Waals surface area (Å²) in [5.41, 5.74) is 3.56. The van der Waals surface area contributed by atoms with Gasteiger partial charge in [0.2, 0.25) is 5.91 Å². The van der Waals surface area contributed by atoms with Gasteiger partial charge in [0, 0.05) is 24.3 Å². The Labute approximate surface area is 170 Å². The van der Waals surface area contributed by atoms with Gasteiger partial charge in [-0.25, -0.2) is 4.68 Å². The molecule has 0 unspecified atom stereocenters. The van der Waals surface area contributed by atoms with E-state index in [0.29, 0.717) is 24.7 Å². The average Bonchev–Trinajstić information content (AvgIpc) is 3.13. The van der Waals surface area contributed by atoms with E-state index in [2.05, 4.69) is 15.4 Å². The summed E-state index contributed by atoms with van der Waals surface area (Å²) in [7, 11) is 1.62. The highest BCUT2D eigenvalue weighted by molar-refractivity contribution is 5.92. The molecular weight excluding hydrogens is 368 g/mol. The van der Waals surface area contributed by atoms with Crippen LogP contribution in [0.1, 0.15) is 19.4 Å². The van der Waals surface area contributed by atoms with E-state index in [1.54, 1.807) is 11.8 Å². The second kappa shape index (κ2) is 9.34. The maximum absolute atomic E-state index is 12.1. The normalized spacial score (nSPS) is 10.9. The number of rotatable bonds is 8. The number of benzene rings is 2. The lowest BCUT2D eigenvalue weighted by Gasteiger charge is -2.10. The van der Waals surface area contributed by atoms with E-state index in [1.165, 1.54) is 0 Å². The molecule has 0 saturated heterocycles. The third kappa shape index (κ3) is 5.20. The Morgan fingerprint density at radius 3 is 2.59 bits per heavy atom. The second-order valence-corrected chi connectivity index (χ2v) is 7.03. The maximum atomic E-state index is 12.1.